The lowest BCUT2D eigenvalue weighted by Gasteiger charge is -2.28. The van der Waals surface area contributed by atoms with Crippen LogP contribution >= 0.6 is 22.7 Å². The largest absolute Gasteiger partial charge is 0.423 e. The average molecular weight is 371 g/mol. The summed E-state index contributed by atoms with van der Waals surface area (Å²) in [5.41, 5.74) is 1.58. The van der Waals surface area contributed by atoms with Crippen molar-refractivity contribution in [3.63, 3.8) is 0 Å². The predicted molar refractivity (Wildman–Crippen MR) is 98.3 cm³/mol. The Labute approximate surface area is 151 Å². The van der Waals surface area contributed by atoms with Crippen LogP contribution in [0.25, 0.3) is 10.6 Å². The van der Waals surface area contributed by atoms with Crippen LogP contribution in [0.3, 0.4) is 0 Å². The van der Waals surface area contributed by atoms with E-state index in [0.717, 1.165) is 16.3 Å². The molecule has 126 valence electrons. The molecule has 25 heavy (non-hydrogen) atoms. The number of carbonyl (C=O) groups excluding carboxylic acids is 2. The maximum Gasteiger partial charge on any atom is 0.331 e. The van der Waals surface area contributed by atoms with Gasteiger partial charge in [0.15, 0.2) is 10.9 Å². The first kappa shape index (κ1) is 15.8. The van der Waals surface area contributed by atoms with Crippen molar-refractivity contribution in [2.45, 2.75) is 0 Å². The minimum atomic E-state index is -0.374. The number of anilines is 2. The molecule has 0 aliphatic carbocycles. The van der Waals surface area contributed by atoms with E-state index in [1.807, 2.05) is 35.0 Å². The van der Waals surface area contributed by atoms with Crippen LogP contribution in [0, 0.1) is 0 Å². The van der Waals surface area contributed by atoms with Crippen molar-refractivity contribution in [1.29, 1.82) is 0 Å². The molecule has 0 unspecified atom stereocenters. The molecule has 8 heteroatoms. The van der Waals surface area contributed by atoms with Crippen LogP contribution in [0.5, 0.6) is 5.75 Å². The number of benzene rings is 1. The van der Waals surface area contributed by atoms with Crippen LogP contribution < -0.4 is 15.0 Å². The number of nitrogens with zero attached hydrogens (tertiary/aromatic N) is 2. The summed E-state index contributed by atoms with van der Waals surface area (Å²) in [6, 6.07) is 11.1. The number of thiophene rings is 1. The summed E-state index contributed by atoms with van der Waals surface area (Å²) in [6.07, 6.45) is 0. The highest BCUT2D eigenvalue weighted by Crippen LogP contribution is 2.31. The molecule has 0 saturated carbocycles. The molecule has 2 aromatic heterocycles. The molecular formula is C17H13N3O3S2. The molecule has 0 atom stereocenters. The Hall–Kier alpha value is -2.71. The van der Waals surface area contributed by atoms with Crippen molar-refractivity contribution >= 4 is 45.4 Å². The zero-order chi connectivity index (χ0) is 17.2. The van der Waals surface area contributed by atoms with Crippen LogP contribution in [0.1, 0.15) is 0 Å². The van der Waals surface area contributed by atoms with E-state index < -0.39 is 0 Å². The molecule has 4 rings (SSSR count). The van der Waals surface area contributed by atoms with Gasteiger partial charge in [-0.25, -0.2) is 9.78 Å². The van der Waals surface area contributed by atoms with Gasteiger partial charge < -0.3 is 15.0 Å². The minimum Gasteiger partial charge on any atom is -0.423 e. The van der Waals surface area contributed by atoms with Gasteiger partial charge in [-0.3, -0.25) is 4.79 Å². The molecule has 0 radical (unpaired) electrons. The Bertz CT molecular complexity index is 921. The Morgan fingerprint density at radius 1 is 1.24 bits per heavy atom. The molecule has 3 heterocycles. The third-order valence-corrected chi connectivity index (χ3v) is 5.26. The molecule has 1 aliphatic rings. The lowest BCUT2D eigenvalue weighted by atomic mass is 10.2. The van der Waals surface area contributed by atoms with E-state index in [4.69, 9.17) is 4.74 Å². The van der Waals surface area contributed by atoms with Crippen molar-refractivity contribution in [2.75, 3.05) is 23.3 Å². The number of esters is 1. The fourth-order valence-electron chi connectivity index (χ4n) is 2.54. The third-order valence-electron chi connectivity index (χ3n) is 3.61. The van der Waals surface area contributed by atoms with Crippen molar-refractivity contribution in [3.8, 4) is 16.3 Å². The van der Waals surface area contributed by atoms with Crippen molar-refractivity contribution < 1.29 is 14.3 Å². The molecule has 1 amide bonds. The first-order valence-electron chi connectivity index (χ1n) is 7.53. The second-order valence-electron chi connectivity index (χ2n) is 5.36. The molecule has 0 bridgehead atoms. The van der Waals surface area contributed by atoms with Crippen LogP contribution in [0.2, 0.25) is 0 Å². The summed E-state index contributed by atoms with van der Waals surface area (Å²) in [5, 5.41) is 7.24. The number of rotatable bonds is 4. The van der Waals surface area contributed by atoms with E-state index in [-0.39, 0.29) is 25.0 Å². The van der Waals surface area contributed by atoms with Crippen LogP contribution in [-0.2, 0) is 9.59 Å². The Balaban J connectivity index is 1.45. The third kappa shape index (κ3) is 3.40. The number of thiazole rings is 1. The fraction of sp³-hybridized carbons (Fsp3) is 0.118. The van der Waals surface area contributed by atoms with Crippen LogP contribution in [0.4, 0.5) is 10.8 Å². The summed E-state index contributed by atoms with van der Waals surface area (Å²) < 4.78 is 5.19. The van der Waals surface area contributed by atoms with Gasteiger partial charge in [-0.05, 0) is 23.6 Å². The van der Waals surface area contributed by atoms with Crippen LogP contribution in [0.15, 0.2) is 47.2 Å². The fourth-order valence-corrected chi connectivity index (χ4v) is 4.03. The lowest BCUT2D eigenvalue weighted by molar-refractivity contribution is -0.133. The first-order chi connectivity index (χ1) is 12.2. The Kier molecular flexibility index (Phi) is 4.21. The van der Waals surface area contributed by atoms with Gasteiger partial charge in [0, 0.05) is 5.38 Å². The highest BCUT2D eigenvalue weighted by molar-refractivity contribution is 7.16. The predicted octanol–water partition coefficient (Wildman–Crippen LogP) is 3.24. The molecule has 1 aliphatic heterocycles. The molecule has 0 fully saturated rings. The van der Waals surface area contributed by atoms with Gasteiger partial charge in [0.2, 0.25) is 5.91 Å². The SMILES string of the molecule is O=C(CN1CC(=O)Oc2ccccc21)Nc1nc(-c2cccs2)cs1. The summed E-state index contributed by atoms with van der Waals surface area (Å²) in [4.78, 5) is 31.3. The van der Waals surface area contributed by atoms with E-state index in [1.54, 1.807) is 28.4 Å². The summed E-state index contributed by atoms with van der Waals surface area (Å²) >= 11 is 2.98. The molecule has 6 nitrogen and oxygen atoms in total. The molecule has 1 aromatic carbocycles. The van der Waals surface area contributed by atoms with Gasteiger partial charge in [0.25, 0.3) is 0 Å². The van der Waals surface area contributed by atoms with E-state index in [1.165, 1.54) is 11.3 Å². The van der Waals surface area contributed by atoms with Crippen molar-refractivity contribution in [2.24, 2.45) is 0 Å². The maximum absolute atomic E-state index is 12.4. The number of para-hydroxylation sites is 2. The van der Waals surface area contributed by atoms with E-state index in [0.29, 0.717) is 10.9 Å². The summed E-state index contributed by atoms with van der Waals surface area (Å²) in [6.45, 7) is 0.1000. The number of amides is 1. The Morgan fingerprint density at radius 2 is 2.12 bits per heavy atom. The van der Waals surface area contributed by atoms with Gasteiger partial charge in [0.1, 0.15) is 6.54 Å². The van der Waals surface area contributed by atoms with Crippen molar-refractivity contribution in [1.82, 2.24) is 4.98 Å². The zero-order valence-electron chi connectivity index (χ0n) is 13.0. The number of carbonyl (C=O) groups is 2. The maximum atomic E-state index is 12.4. The topological polar surface area (TPSA) is 71.5 Å². The first-order valence-corrected chi connectivity index (χ1v) is 9.29. The smallest absolute Gasteiger partial charge is 0.331 e. The number of hydrogen-bond acceptors (Lipinski definition) is 7. The standard InChI is InChI=1S/C17H13N3O3S2/c21-15(19-17-18-11(10-25-17)14-6-3-7-24-14)8-20-9-16(22)23-13-5-2-1-4-12(13)20/h1-7,10H,8-9H2,(H,18,19,21). The molecule has 3 aromatic rings. The number of fused-ring (bicyclic) bond motifs is 1. The molecule has 1 N–H and O–H groups in total. The van der Waals surface area contributed by atoms with Gasteiger partial charge in [-0.2, -0.15) is 0 Å². The number of ether oxygens (including phenoxy) is 1. The molecule has 0 saturated heterocycles. The van der Waals surface area contributed by atoms with E-state index in [2.05, 4.69) is 10.3 Å². The van der Waals surface area contributed by atoms with Crippen molar-refractivity contribution in [3.05, 3.63) is 47.2 Å². The van der Waals surface area contributed by atoms with Gasteiger partial charge in [0.05, 0.1) is 22.8 Å². The normalized spacial score (nSPS) is 13.3. The quantitative estimate of drug-likeness (QED) is 0.563. The number of hydrogen-bond donors (Lipinski definition) is 1. The summed E-state index contributed by atoms with van der Waals surface area (Å²) in [7, 11) is 0. The van der Waals surface area contributed by atoms with Gasteiger partial charge in [-0.1, -0.05) is 18.2 Å². The highest BCUT2D eigenvalue weighted by atomic mass is 32.1. The lowest BCUT2D eigenvalue weighted by Crippen LogP contribution is -2.41. The van der Waals surface area contributed by atoms with Gasteiger partial charge in [-0.15, -0.1) is 22.7 Å². The second kappa shape index (κ2) is 6.66. The monoisotopic (exact) mass is 371 g/mol. The number of nitrogens with one attached hydrogen (secondary N) is 1. The van der Waals surface area contributed by atoms with Gasteiger partial charge >= 0.3 is 5.97 Å². The zero-order valence-corrected chi connectivity index (χ0v) is 14.6. The van der Waals surface area contributed by atoms with Crippen LogP contribution in [-0.4, -0.2) is 29.9 Å². The van der Waals surface area contributed by atoms with E-state index in [9.17, 15) is 9.59 Å². The average Bonchev–Trinajstić information content (AvgIpc) is 3.25. The minimum absolute atomic E-state index is 0.0444. The number of aromatic nitrogens is 1. The highest BCUT2D eigenvalue weighted by Gasteiger charge is 2.25. The second-order valence-corrected chi connectivity index (χ2v) is 7.17. The molecular weight excluding hydrogens is 358 g/mol. The summed E-state index contributed by atoms with van der Waals surface area (Å²) in [5.74, 6) is -0.127. The van der Waals surface area contributed by atoms with E-state index >= 15 is 0 Å². The molecule has 0 spiro atoms. The Morgan fingerprint density at radius 3 is 2.96 bits per heavy atom.